The maximum Gasteiger partial charge on any atom is 0.303 e. The number of hydrogen-bond donors (Lipinski definition) is 1. The van der Waals surface area contributed by atoms with E-state index in [0.717, 1.165) is 38.5 Å². The molecule has 7 rings (SSSR count). The van der Waals surface area contributed by atoms with Crippen molar-refractivity contribution in [3.05, 3.63) is 66.2 Å². The van der Waals surface area contributed by atoms with Gasteiger partial charge in [-0.15, -0.1) is 0 Å². The zero-order valence-corrected chi connectivity index (χ0v) is 39.5. The third kappa shape index (κ3) is 7.84. The molecule has 0 aliphatic carbocycles. The first-order valence-electron chi connectivity index (χ1n) is 20.7. The summed E-state index contributed by atoms with van der Waals surface area (Å²) in [5.41, 5.74) is 4.21. The number of carbonyl (C=O) groups is 2. The van der Waals surface area contributed by atoms with Gasteiger partial charge in [0.15, 0.2) is 22.7 Å². The van der Waals surface area contributed by atoms with Gasteiger partial charge in [-0.05, 0) is 88.9 Å². The summed E-state index contributed by atoms with van der Waals surface area (Å²) in [5, 5.41) is 10.2. The molecule has 3 heterocycles. The summed E-state index contributed by atoms with van der Waals surface area (Å²) in [7, 11) is -4.81. The largest absolute Gasteiger partial charge is 0.541 e. The second-order valence-corrected chi connectivity index (χ2v) is 28.6. The Kier molecular flexibility index (Phi) is 11.1. The predicted molar refractivity (Wildman–Crippen MR) is 243 cm³/mol. The molecule has 1 aliphatic heterocycles. The van der Waals surface area contributed by atoms with Crippen molar-refractivity contribution < 1.29 is 32.7 Å². The van der Waals surface area contributed by atoms with Crippen LogP contribution < -0.4 is 14.2 Å². The van der Waals surface area contributed by atoms with E-state index in [-0.39, 0.29) is 16.7 Å². The molecule has 1 fully saturated rings. The first-order valence-corrected chi connectivity index (χ1v) is 26.5. The number of ether oxygens (including phenoxy) is 3. The SMILES string of the molecule is CC(=O)OC[C@H]1O[C@@H](n2cnc3c(Nc4cc(O[Si](C)(C)C(C)(C)C)c(O[Si](C)(C)C(C)(C)C)c5ccc6c(C)c7ccccc7c(C)c6c45)ncnc32)C[C@@H]1OC(C)=O. The number of nitrogens with zero attached hydrogens (tertiary/aromatic N) is 4. The number of nitrogens with one attached hydrogen (secondary N) is 1. The van der Waals surface area contributed by atoms with Crippen LogP contribution in [0.2, 0.25) is 36.3 Å². The fourth-order valence-electron chi connectivity index (χ4n) is 7.55. The number of esters is 2. The monoisotopic (exact) mass is 849 g/mol. The van der Waals surface area contributed by atoms with Gasteiger partial charge in [-0.25, -0.2) is 15.0 Å². The number of anilines is 2. The van der Waals surface area contributed by atoms with Gasteiger partial charge < -0.3 is 28.4 Å². The Labute approximate surface area is 354 Å². The van der Waals surface area contributed by atoms with Gasteiger partial charge in [0.2, 0.25) is 0 Å². The molecule has 6 aromatic rings. The number of benzene rings is 4. The zero-order valence-electron chi connectivity index (χ0n) is 37.5. The van der Waals surface area contributed by atoms with Crippen LogP contribution in [0.25, 0.3) is 43.5 Å². The standard InChI is InChI=1S/C46H59N5O7Si2/c1-26-30-17-15-16-18-31(30)27(2)39-32(26)19-20-33-40(39)34(21-36(57-59(11,12)45(5,6)7)42(33)58-60(13,14)46(8,9)10)50-43-41-44(48-24-47-43)51(25-49-41)38-22-35(55-29(4)53)37(56-38)23-54-28(3)52/h15-21,24-25,35,37-38H,22-23H2,1-14H3,(H,47,48,50)/t35-,37+,38+/m0/s1. The minimum Gasteiger partial charge on any atom is -0.541 e. The normalized spacial score (nSPS) is 17.7. The van der Waals surface area contributed by atoms with Gasteiger partial charge in [-0.3, -0.25) is 14.2 Å². The van der Waals surface area contributed by atoms with Crippen molar-refractivity contribution in [1.29, 1.82) is 0 Å². The van der Waals surface area contributed by atoms with E-state index in [9.17, 15) is 9.59 Å². The van der Waals surface area contributed by atoms with Crippen LogP contribution in [0.3, 0.4) is 0 Å². The Morgan fingerprint density at radius 2 is 1.45 bits per heavy atom. The van der Waals surface area contributed by atoms with Gasteiger partial charge in [0.1, 0.15) is 37.1 Å². The number of rotatable bonds is 10. The summed E-state index contributed by atoms with van der Waals surface area (Å²) in [6.45, 7) is 29.6. The average Bonchev–Trinajstić information content (AvgIpc) is 3.77. The molecule has 0 unspecified atom stereocenters. The van der Waals surface area contributed by atoms with Crippen LogP contribution in [0, 0.1) is 13.8 Å². The first-order chi connectivity index (χ1) is 28.0. The van der Waals surface area contributed by atoms with E-state index in [1.165, 1.54) is 36.5 Å². The second kappa shape index (κ2) is 15.4. The van der Waals surface area contributed by atoms with Gasteiger partial charge in [0, 0.05) is 37.1 Å². The highest BCUT2D eigenvalue weighted by molar-refractivity contribution is 6.75. The summed E-state index contributed by atoms with van der Waals surface area (Å²) >= 11 is 0. The lowest BCUT2D eigenvalue weighted by atomic mass is 9.89. The quantitative estimate of drug-likeness (QED) is 0.0610. The molecule has 0 saturated carbocycles. The minimum absolute atomic E-state index is 0.0537. The lowest BCUT2D eigenvalue weighted by Crippen LogP contribution is -2.45. The van der Waals surface area contributed by atoms with Gasteiger partial charge in [-0.2, -0.15) is 0 Å². The third-order valence-electron chi connectivity index (χ3n) is 12.9. The predicted octanol–water partition coefficient (Wildman–Crippen LogP) is 11.2. The number of imidazole rings is 1. The van der Waals surface area contributed by atoms with Crippen LogP contribution in [0.1, 0.15) is 79.2 Å². The van der Waals surface area contributed by atoms with Crippen molar-refractivity contribution in [3.63, 3.8) is 0 Å². The highest BCUT2D eigenvalue weighted by atomic mass is 28.4. The van der Waals surface area contributed by atoms with Crippen molar-refractivity contribution >= 4 is 83.6 Å². The fraction of sp³-hybridized carbons (Fsp3) is 0.457. The van der Waals surface area contributed by atoms with Gasteiger partial charge in [-0.1, -0.05) is 71.9 Å². The van der Waals surface area contributed by atoms with E-state index in [2.05, 4.69) is 134 Å². The van der Waals surface area contributed by atoms with Crippen molar-refractivity contribution in [2.45, 2.75) is 130 Å². The maximum absolute atomic E-state index is 12.0. The van der Waals surface area contributed by atoms with Crippen LogP contribution in [0.15, 0.2) is 55.1 Å². The van der Waals surface area contributed by atoms with Crippen LogP contribution >= 0.6 is 0 Å². The molecule has 1 aliphatic rings. The Hall–Kier alpha value is -5.06. The third-order valence-corrected chi connectivity index (χ3v) is 21.6. The topological polar surface area (TPSA) is 136 Å². The number of carbonyl (C=O) groups excluding carboxylic acids is 2. The van der Waals surface area contributed by atoms with E-state index < -0.39 is 47.0 Å². The Morgan fingerprint density at radius 1 is 0.817 bits per heavy atom. The molecule has 3 atom stereocenters. The van der Waals surface area contributed by atoms with Crippen molar-refractivity contribution in [1.82, 2.24) is 19.5 Å². The summed E-state index contributed by atoms with van der Waals surface area (Å²) in [5.74, 6) is 1.06. The lowest BCUT2D eigenvalue weighted by molar-refractivity contribution is -0.155. The summed E-state index contributed by atoms with van der Waals surface area (Å²) in [4.78, 5) is 37.9. The van der Waals surface area contributed by atoms with Crippen LogP contribution in [0.5, 0.6) is 11.5 Å². The van der Waals surface area contributed by atoms with E-state index in [1.54, 1.807) is 6.33 Å². The lowest BCUT2D eigenvalue weighted by Gasteiger charge is -2.40. The number of aryl methyl sites for hydroxylation is 2. The molecular weight excluding hydrogens is 791 g/mol. The fourth-order valence-corrected chi connectivity index (χ4v) is 9.58. The van der Waals surface area contributed by atoms with Crippen molar-refractivity contribution in [3.8, 4) is 11.5 Å². The number of fused-ring (bicyclic) bond motifs is 5. The summed E-state index contributed by atoms with van der Waals surface area (Å²) in [6, 6.07) is 15.1. The van der Waals surface area contributed by atoms with Crippen LogP contribution in [-0.4, -0.2) is 66.9 Å². The molecule has 1 saturated heterocycles. The van der Waals surface area contributed by atoms with E-state index in [4.69, 9.17) is 33.0 Å². The molecule has 2 aromatic heterocycles. The average molecular weight is 850 g/mol. The molecule has 0 bridgehead atoms. The molecule has 1 N–H and O–H groups in total. The molecule has 14 heteroatoms. The first kappa shape index (κ1) is 43.0. The number of aromatic nitrogens is 4. The van der Waals surface area contributed by atoms with Crippen LogP contribution in [0.4, 0.5) is 11.5 Å². The van der Waals surface area contributed by atoms with Crippen molar-refractivity contribution in [2.75, 3.05) is 11.9 Å². The molecular formula is C46H59N5O7Si2. The molecule has 318 valence electrons. The molecule has 4 aromatic carbocycles. The highest BCUT2D eigenvalue weighted by Gasteiger charge is 2.44. The maximum atomic E-state index is 12.0. The highest BCUT2D eigenvalue weighted by Crippen LogP contribution is 2.51. The minimum atomic E-state index is -2.41. The van der Waals surface area contributed by atoms with E-state index >= 15 is 0 Å². The molecule has 12 nitrogen and oxygen atoms in total. The number of hydrogen-bond acceptors (Lipinski definition) is 11. The smallest absolute Gasteiger partial charge is 0.303 e. The van der Waals surface area contributed by atoms with Gasteiger partial charge >= 0.3 is 11.9 Å². The summed E-state index contributed by atoms with van der Waals surface area (Å²) in [6.07, 6.45) is 1.59. The molecule has 0 spiro atoms. The van der Waals surface area contributed by atoms with E-state index in [1.807, 2.05) is 4.57 Å². The second-order valence-electron chi connectivity index (χ2n) is 19.2. The summed E-state index contributed by atoms with van der Waals surface area (Å²) < 4.78 is 33.7. The van der Waals surface area contributed by atoms with Gasteiger partial charge in [0.25, 0.3) is 16.6 Å². The van der Waals surface area contributed by atoms with Crippen molar-refractivity contribution in [2.24, 2.45) is 0 Å². The Bertz CT molecular complexity index is 2660. The molecule has 60 heavy (non-hydrogen) atoms. The van der Waals surface area contributed by atoms with E-state index in [0.29, 0.717) is 29.2 Å². The Morgan fingerprint density at radius 3 is 2.08 bits per heavy atom. The van der Waals surface area contributed by atoms with Gasteiger partial charge in [0.05, 0.1) is 12.0 Å². The molecule has 0 amide bonds. The van der Waals surface area contributed by atoms with Crippen LogP contribution in [-0.2, 0) is 23.8 Å². The molecule has 0 radical (unpaired) electrons. The zero-order chi connectivity index (χ0) is 43.7. The Balaban J connectivity index is 1.46.